The lowest BCUT2D eigenvalue weighted by Gasteiger charge is -2.09. The van der Waals surface area contributed by atoms with E-state index >= 15 is 0 Å². The van der Waals surface area contributed by atoms with Gasteiger partial charge in [0.15, 0.2) is 17.1 Å². The quantitative estimate of drug-likeness (QED) is 0.529. The average molecular weight is 347 g/mol. The van der Waals surface area contributed by atoms with Gasteiger partial charge >= 0.3 is 0 Å². The molecule has 0 radical (unpaired) electrons. The minimum absolute atomic E-state index is 0.465. The van der Waals surface area contributed by atoms with Gasteiger partial charge in [0.05, 0.1) is 18.3 Å². The molecule has 128 valence electrons. The van der Waals surface area contributed by atoms with Gasteiger partial charge in [-0.05, 0) is 19.1 Å². The third kappa shape index (κ3) is 2.29. The zero-order chi connectivity index (χ0) is 17.5. The summed E-state index contributed by atoms with van der Waals surface area (Å²) < 4.78 is 12.0. The van der Waals surface area contributed by atoms with Crippen molar-refractivity contribution in [3.8, 4) is 11.4 Å². The molecule has 0 bridgehead atoms. The van der Waals surface area contributed by atoms with Gasteiger partial charge in [-0.3, -0.25) is 0 Å². The SMILES string of the molecule is Cc1cc(-c2nnn3c2nc(NCc2ccno2)c2ccccc23)no1. The third-order valence-corrected chi connectivity index (χ3v) is 4.04. The number of anilines is 1. The Morgan fingerprint density at radius 2 is 2.08 bits per heavy atom. The van der Waals surface area contributed by atoms with E-state index in [1.54, 1.807) is 16.8 Å². The molecule has 0 atom stereocenters. The Kier molecular flexibility index (Phi) is 3.17. The molecule has 0 spiro atoms. The smallest absolute Gasteiger partial charge is 0.188 e. The number of nitrogens with zero attached hydrogens (tertiary/aromatic N) is 6. The summed E-state index contributed by atoms with van der Waals surface area (Å²) in [5, 5.41) is 20.5. The summed E-state index contributed by atoms with van der Waals surface area (Å²) in [4.78, 5) is 4.73. The predicted octanol–water partition coefficient (Wildman–Crippen LogP) is 2.84. The van der Waals surface area contributed by atoms with Gasteiger partial charge < -0.3 is 14.4 Å². The van der Waals surface area contributed by atoms with Crippen LogP contribution in [0.15, 0.2) is 51.6 Å². The number of aryl methyl sites for hydroxylation is 1. The third-order valence-electron chi connectivity index (χ3n) is 4.04. The van der Waals surface area contributed by atoms with Crippen molar-refractivity contribution in [2.45, 2.75) is 13.5 Å². The van der Waals surface area contributed by atoms with Crippen molar-refractivity contribution in [3.05, 3.63) is 54.1 Å². The molecule has 9 nitrogen and oxygen atoms in total. The molecule has 5 rings (SSSR count). The van der Waals surface area contributed by atoms with E-state index in [1.165, 1.54) is 0 Å². The highest BCUT2D eigenvalue weighted by molar-refractivity contribution is 5.92. The van der Waals surface area contributed by atoms with Crippen LogP contribution in [-0.4, -0.2) is 30.1 Å². The zero-order valence-corrected chi connectivity index (χ0v) is 13.7. The molecule has 0 saturated carbocycles. The predicted molar refractivity (Wildman–Crippen MR) is 92.4 cm³/mol. The lowest BCUT2D eigenvalue weighted by atomic mass is 10.2. The van der Waals surface area contributed by atoms with Crippen LogP contribution in [0.1, 0.15) is 11.5 Å². The lowest BCUT2D eigenvalue weighted by molar-refractivity contribution is 0.388. The van der Waals surface area contributed by atoms with Gasteiger partial charge in [-0.25, -0.2) is 4.98 Å². The Hall–Kier alpha value is -3.75. The van der Waals surface area contributed by atoms with Crippen LogP contribution in [0.5, 0.6) is 0 Å². The molecule has 1 aromatic carbocycles. The van der Waals surface area contributed by atoms with Crippen LogP contribution in [-0.2, 0) is 6.54 Å². The lowest BCUT2D eigenvalue weighted by Crippen LogP contribution is -2.04. The topological polar surface area (TPSA) is 107 Å². The fourth-order valence-corrected chi connectivity index (χ4v) is 2.85. The summed E-state index contributed by atoms with van der Waals surface area (Å²) in [6.07, 6.45) is 1.61. The van der Waals surface area contributed by atoms with E-state index in [4.69, 9.17) is 14.0 Å². The first kappa shape index (κ1) is 14.6. The van der Waals surface area contributed by atoms with Gasteiger partial charge in [0.25, 0.3) is 0 Å². The highest BCUT2D eigenvalue weighted by Crippen LogP contribution is 2.27. The highest BCUT2D eigenvalue weighted by Gasteiger charge is 2.18. The summed E-state index contributed by atoms with van der Waals surface area (Å²) in [6, 6.07) is 11.5. The standard InChI is InChI=1S/C17H13N7O2/c1-10-8-13(22-25-10)15-17-20-16(18-9-11-6-7-19-26-11)12-4-2-3-5-14(12)24(17)23-21-15/h2-8H,9H2,1H3,(H,18,20). The van der Waals surface area contributed by atoms with Crippen molar-refractivity contribution >= 4 is 22.4 Å². The van der Waals surface area contributed by atoms with E-state index in [-0.39, 0.29) is 0 Å². The number of nitrogens with one attached hydrogen (secondary N) is 1. The first-order valence-corrected chi connectivity index (χ1v) is 8.01. The van der Waals surface area contributed by atoms with E-state index in [0.717, 1.165) is 16.7 Å². The molecule has 0 aliphatic carbocycles. The van der Waals surface area contributed by atoms with Crippen LogP contribution in [0.4, 0.5) is 5.82 Å². The van der Waals surface area contributed by atoms with Gasteiger partial charge in [0.2, 0.25) is 0 Å². The Morgan fingerprint density at radius 1 is 1.15 bits per heavy atom. The largest absolute Gasteiger partial charge is 0.362 e. The maximum Gasteiger partial charge on any atom is 0.188 e. The Bertz CT molecular complexity index is 1210. The molecule has 0 unspecified atom stereocenters. The number of hydrogen-bond donors (Lipinski definition) is 1. The van der Waals surface area contributed by atoms with Crippen molar-refractivity contribution in [2.75, 3.05) is 5.32 Å². The van der Waals surface area contributed by atoms with Crippen LogP contribution in [0.3, 0.4) is 0 Å². The van der Waals surface area contributed by atoms with Crippen molar-refractivity contribution in [2.24, 2.45) is 0 Å². The molecule has 4 aromatic heterocycles. The molecule has 4 heterocycles. The Labute approximate surface area is 146 Å². The highest BCUT2D eigenvalue weighted by atomic mass is 16.5. The number of benzene rings is 1. The molecular weight excluding hydrogens is 334 g/mol. The zero-order valence-electron chi connectivity index (χ0n) is 13.7. The molecule has 0 saturated heterocycles. The number of hydrogen-bond acceptors (Lipinski definition) is 8. The molecule has 5 aromatic rings. The Balaban J connectivity index is 1.69. The van der Waals surface area contributed by atoms with Crippen LogP contribution in [0.25, 0.3) is 27.9 Å². The second-order valence-electron chi connectivity index (χ2n) is 5.81. The first-order valence-electron chi connectivity index (χ1n) is 8.01. The summed E-state index contributed by atoms with van der Waals surface area (Å²) in [5.41, 5.74) is 2.64. The molecule has 0 fully saturated rings. The minimum atomic E-state index is 0.465. The van der Waals surface area contributed by atoms with Crippen molar-refractivity contribution < 1.29 is 9.05 Å². The number of aromatic nitrogens is 6. The van der Waals surface area contributed by atoms with E-state index in [1.807, 2.05) is 37.3 Å². The molecule has 9 heteroatoms. The molecule has 0 aliphatic heterocycles. The van der Waals surface area contributed by atoms with E-state index in [2.05, 4.69) is 25.9 Å². The number of fused-ring (bicyclic) bond motifs is 3. The van der Waals surface area contributed by atoms with Crippen LogP contribution in [0, 0.1) is 6.92 Å². The van der Waals surface area contributed by atoms with Crippen LogP contribution >= 0.6 is 0 Å². The maximum absolute atomic E-state index is 5.16. The van der Waals surface area contributed by atoms with Gasteiger partial charge in [0.1, 0.15) is 17.3 Å². The molecule has 0 aliphatic rings. The molecule has 26 heavy (non-hydrogen) atoms. The van der Waals surface area contributed by atoms with Gasteiger partial charge in [-0.15, -0.1) is 5.10 Å². The van der Waals surface area contributed by atoms with E-state index in [9.17, 15) is 0 Å². The Morgan fingerprint density at radius 3 is 2.88 bits per heavy atom. The average Bonchev–Trinajstić information content (AvgIpc) is 3.40. The van der Waals surface area contributed by atoms with Gasteiger partial charge in [0, 0.05) is 17.5 Å². The molecular formula is C17H13N7O2. The van der Waals surface area contributed by atoms with Gasteiger partial charge in [-0.2, -0.15) is 4.52 Å². The van der Waals surface area contributed by atoms with Crippen LogP contribution < -0.4 is 5.32 Å². The van der Waals surface area contributed by atoms with E-state index < -0.39 is 0 Å². The number of para-hydroxylation sites is 1. The second-order valence-corrected chi connectivity index (χ2v) is 5.81. The fraction of sp³-hybridized carbons (Fsp3) is 0.118. The van der Waals surface area contributed by atoms with Crippen molar-refractivity contribution in [1.82, 2.24) is 30.1 Å². The van der Waals surface area contributed by atoms with Gasteiger partial charge in [-0.1, -0.05) is 27.7 Å². The molecule has 0 amide bonds. The van der Waals surface area contributed by atoms with Crippen LogP contribution in [0.2, 0.25) is 0 Å². The second kappa shape index (κ2) is 5.66. The summed E-state index contributed by atoms with van der Waals surface area (Å²) >= 11 is 0. The molecule has 1 N–H and O–H groups in total. The normalized spacial score (nSPS) is 11.4. The van der Waals surface area contributed by atoms with Crippen molar-refractivity contribution in [3.63, 3.8) is 0 Å². The summed E-state index contributed by atoms with van der Waals surface area (Å²) in [5.74, 6) is 2.12. The number of rotatable bonds is 4. The summed E-state index contributed by atoms with van der Waals surface area (Å²) in [6.45, 7) is 2.29. The minimum Gasteiger partial charge on any atom is -0.362 e. The van der Waals surface area contributed by atoms with E-state index in [0.29, 0.717) is 35.2 Å². The fourth-order valence-electron chi connectivity index (χ4n) is 2.85. The first-order chi connectivity index (χ1) is 12.8. The monoisotopic (exact) mass is 347 g/mol. The van der Waals surface area contributed by atoms with Crippen molar-refractivity contribution in [1.29, 1.82) is 0 Å². The summed E-state index contributed by atoms with van der Waals surface area (Å²) in [7, 11) is 0. The maximum atomic E-state index is 5.16.